The van der Waals surface area contributed by atoms with Crippen LogP contribution in [0.2, 0.25) is 0 Å². The second-order valence-corrected chi connectivity index (χ2v) is 6.97. The molecule has 2 rings (SSSR count). The van der Waals surface area contributed by atoms with Gasteiger partial charge in [0.15, 0.2) is 0 Å². The van der Waals surface area contributed by atoms with Gasteiger partial charge in [-0.3, -0.25) is 4.90 Å². The molecule has 0 spiro atoms. The Balaban J connectivity index is 1.71. The zero-order valence-electron chi connectivity index (χ0n) is 12.5. The van der Waals surface area contributed by atoms with Crippen LogP contribution < -0.4 is 5.32 Å². The Morgan fingerprint density at radius 1 is 1.33 bits per heavy atom. The average molecular weight is 250 g/mol. The minimum Gasteiger partial charge on any atom is -0.314 e. The molecule has 1 atom stereocenters. The first-order valence-corrected chi connectivity index (χ1v) is 7.71. The molecule has 0 saturated carbocycles. The molecule has 2 nitrogen and oxygen atoms in total. The summed E-state index contributed by atoms with van der Waals surface area (Å²) < 4.78 is 0. The van der Waals surface area contributed by atoms with Crippen molar-refractivity contribution in [3.05, 3.63) is 11.6 Å². The van der Waals surface area contributed by atoms with E-state index in [9.17, 15) is 0 Å². The molecule has 0 bridgehead atoms. The number of nitrogens with one attached hydrogen (secondary N) is 1. The molecule has 1 N–H and O–H groups in total. The average Bonchev–Trinajstić information content (AvgIpc) is 2.37. The van der Waals surface area contributed by atoms with Crippen molar-refractivity contribution in [2.24, 2.45) is 5.41 Å². The number of nitrogens with zero attached hydrogens (tertiary/aromatic N) is 1. The summed E-state index contributed by atoms with van der Waals surface area (Å²) >= 11 is 0. The minimum atomic E-state index is 0.372. The van der Waals surface area contributed by atoms with Crippen molar-refractivity contribution in [2.45, 2.75) is 58.9 Å². The third kappa shape index (κ3) is 4.10. The Kier molecular flexibility index (Phi) is 4.85. The molecule has 1 fully saturated rings. The van der Waals surface area contributed by atoms with Crippen LogP contribution in [0.25, 0.3) is 0 Å². The van der Waals surface area contributed by atoms with Crippen LogP contribution in [0.4, 0.5) is 0 Å². The molecule has 0 aromatic rings. The smallest absolute Gasteiger partial charge is 0.0166 e. The van der Waals surface area contributed by atoms with E-state index in [1.165, 1.54) is 58.3 Å². The number of rotatable bonds is 3. The highest BCUT2D eigenvalue weighted by atomic mass is 15.1. The highest BCUT2D eigenvalue weighted by Crippen LogP contribution is 2.30. The fraction of sp³-hybridized carbons (Fsp3) is 0.875. The molecule has 0 aromatic heterocycles. The Morgan fingerprint density at radius 2 is 2.17 bits per heavy atom. The molecular formula is C16H30N2. The second-order valence-electron chi connectivity index (χ2n) is 6.97. The third-order valence-corrected chi connectivity index (χ3v) is 4.46. The van der Waals surface area contributed by atoms with E-state index >= 15 is 0 Å². The maximum absolute atomic E-state index is 3.65. The quantitative estimate of drug-likeness (QED) is 0.774. The second kappa shape index (κ2) is 6.21. The molecule has 0 amide bonds. The Bertz CT molecular complexity index is 282. The Labute approximate surface area is 113 Å². The maximum atomic E-state index is 3.65. The van der Waals surface area contributed by atoms with E-state index < -0.39 is 0 Å². The zero-order valence-corrected chi connectivity index (χ0v) is 12.5. The van der Waals surface area contributed by atoms with Crippen molar-refractivity contribution < 1.29 is 0 Å². The molecule has 104 valence electrons. The third-order valence-electron chi connectivity index (χ3n) is 4.46. The van der Waals surface area contributed by atoms with Gasteiger partial charge in [-0.05, 0) is 44.2 Å². The van der Waals surface area contributed by atoms with E-state index in [0.29, 0.717) is 5.41 Å². The van der Waals surface area contributed by atoms with E-state index in [0.717, 1.165) is 6.04 Å². The van der Waals surface area contributed by atoms with E-state index in [-0.39, 0.29) is 0 Å². The van der Waals surface area contributed by atoms with Gasteiger partial charge in [-0.2, -0.15) is 0 Å². The molecule has 1 saturated heterocycles. The molecular weight excluding hydrogens is 220 g/mol. The lowest BCUT2D eigenvalue weighted by Gasteiger charge is -2.33. The predicted molar refractivity (Wildman–Crippen MR) is 78.9 cm³/mol. The van der Waals surface area contributed by atoms with E-state index in [2.05, 4.69) is 37.1 Å². The highest BCUT2D eigenvalue weighted by Gasteiger charge is 2.21. The van der Waals surface area contributed by atoms with Gasteiger partial charge >= 0.3 is 0 Å². The van der Waals surface area contributed by atoms with Crippen molar-refractivity contribution >= 4 is 0 Å². The predicted octanol–water partition coefficient (Wildman–Crippen LogP) is 3.20. The highest BCUT2D eigenvalue weighted by molar-refractivity contribution is 5.14. The number of hydrogen-bond acceptors (Lipinski definition) is 2. The molecule has 18 heavy (non-hydrogen) atoms. The van der Waals surface area contributed by atoms with Crippen LogP contribution in [0.5, 0.6) is 0 Å². The fourth-order valence-corrected chi connectivity index (χ4v) is 3.10. The summed E-state index contributed by atoms with van der Waals surface area (Å²) in [5, 5.41) is 3.65. The largest absolute Gasteiger partial charge is 0.314 e. The summed E-state index contributed by atoms with van der Waals surface area (Å²) in [6.45, 7) is 11.9. The first-order chi connectivity index (χ1) is 8.55. The lowest BCUT2D eigenvalue weighted by molar-refractivity contribution is 0.251. The monoisotopic (exact) mass is 250 g/mol. The topological polar surface area (TPSA) is 15.3 Å². The van der Waals surface area contributed by atoms with Crippen LogP contribution in [-0.2, 0) is 0 Å². The zero-order chi connectivity index (χ0) is 13.0. The van der Waals surface area contributed by atoms with Gasteiger partial charge in [0, 0.05) is 19.1 Å². The molecule has 2 heteroatoms. The van der Waals surface area contributed by atoms with Crippen molar-refractivity contribution in [3.8, 4) is 0 Å². The normalized spacial score (nSPS) is 27.1. The molecule has 0 radical (unpaired) electrons. The van der Waals surface area contributed by atoms with Gasteiger partial charge in [0.05, 0.1) is 0 Å². The molecule has 1 unspecified atom stereocenters. The van der Waals surface area contributed by atoms with Gasteiger partial charge in [-0.15, -0.1) is 0 Å². The lowest BCUT2D eigenvalue weighted by atomic mass is 9.83. The lowest BCUT2D eigenvalue weighted by Crippen LogP contribution is -2.39. The summed E-state index contributed by atoms with van der Waals surface area (Å²) in [5.41, 5.74) is 2.02. The maximum Gasteiger partial charge on any atom is 0.0166 e. The van der Waals surface area contributed by atoms with Crippen LogP contribution in [0.1, 0.15) is 52.9 Å². The summed E-state index contributed by atoms with van der Waals surface area (Å²) in [4.78, 5) is 2.62. The van der Waals surface area contributed by atoms with E-state index in [1.54, 1.807) is 5.57 Å². The molecule has 2 aliphatic rings. The van der Waals surface area contributed by atoms with Gasteiger partial charge in [-0.25, -0.2) is 0 Å². The summed E-state index contributed by atoms with van der Waals surface area (Å²) in [7, 11) is 0. The minimum absolute atomic E-state index is 0.372. The van der Waals surface area contributed by atoms with Crippen LogP contribution in [0, 0.1) is 5.41 Å². The Morgan fingerprint density at radius 3 is 2.72 bits per heavy atom. The van der Waals surface area contributed by atoms with Gasteiger partial charge in [-0.1, -0.05) is 38.8 Å². The SMILES string of the molecule is CC(C)(C)C1=CCN(CCC2CCCCN2)CC1. The van der Waals surface area contributed by atoms with Crippen LogP contribution in [-0.4, -0.2) is 37.1 Å². The van der Waals surface area contributed by atoms with Crippen LogP contribution >= 0.6 is 0 Å². The van der Waals surface area contributed by atoms with Gasteiger partial charge in [0.2, 0.25) is 0 Å². The van der Waals surface area contributed by atoms with Gasteiger partial charge in [0.1, 0.15) is 0 Å². The summed E-state index contributed by atoms with van der Waals surface area (Å²) in [6.07, 6.45) is 9.25. The van der Waals surface area contributed by atoms with Crippen LogP contribution in [0.15, 0.2) is 11.6 Å². The number of hydrogen-bond donors (Lipinski definition) is 1. The number of piperidine rings is 1. The molecule has 2 heterocycles. The van der Waals surface area contributed by atoms with Gasteiger partial charge < -0.3 is 5.32 Å². The van der Waals surface area contributed by atoms with Crippen molar-refractivity contribution in [1.29, 1.82) is 0 Å². The molecule has 0 aromatic carbocycles. The van der Waals surface area contributed by atoms with Gasteiger partial charge in [0.25, 0.3) is 0 Å². The van der Waals surface area contributed by atoms with Crippen LogP contribution in [0.3, 0.4) is 0 Å². The van der Waals surface area contributed by atoms with Crippen molar-refractivity contribution in [3.63, 3.8) is 0 Å². The Hall–Kier alpha value is -0.340. The first-order valence-electron chi connectivity index (χ1n) is 7.71. The summed E-state index contributed by atoms with van der Waals surface area (Å²) in [5.74, 6) is 0. The van der Waals surface area contributed by atoms with Crippen molar-refractivity contribution in [1.82, 2.24) is 10.2 Å². The van der Waals surface area contributed by atoms with Crippen molar-refractivity contribution in [2.75, 3.05) is 26.2 Å². The fourth-order valence-electron chi connectivity index (χ4n) is 3.10. The summed E-state index contributed by atoms with van der Waals surface area (Å²) in [6, 6.07) is 0.784. The van der Waals surface area contributed by atoms with E-state index in [1.807, 2.05) is 0 Å². The molecule has 0 aliphatic carbocycles. The first kappa shape index (κ1) is 14.1. The molecule has 2 aliphatic heterocycles. The van der Waals surface area contributed by atoms with E-state index in [4.69, 9.17) is 0 Å². The standard InChI is InChI=1S/C16H30N2/c1-16(2,3)14-7-11-18(12-8-14)13-9-15-6-4-5-10-17-15/h7,15,17H,4-6,8-13H2,1-3H3.